The molecule has 2 aromatic rings. The van der Waals surface area contributed by atoms with Gasteiger partial charge >= 0.3 is 6.18 Å². The molecule has 0 unspecified atom stereocenters. The summed E-state index contributed by atoms with van der Waals surface area (Å²) in [7, 11) is 0. The van der Waals surface area contributed by atoms with E-state index in [0.29, 0.717) is 25.2 Å². The van der Waals surface area contributed by atoms with Crippen molar-refractivity contribution >= 4 is 0 Å². The molecule has 3 rings (SSSR count). The third kappa shape index (κ3) is 5.57. The van der Waals surface area contributed by atoms with Crippen LogP contribution in [0.5, 0.6) is 0 Å². The maximum absolute atomic E-state index is 13.3. The van der Waals surface area contributed by atoms with Gasteiger partial charge in [0.1, 0.15) is 0 Å². The van der Waals surface area contributed by atoms with Crippen LogP contribution in [-0.2, 0) is 13.0 Å². The molecule has 1 saturated heterocycles. The van der Waals surface area contributed by atoms with Crippen LogP contribution in [0.2, 0.25) is 0 Å². The first kappa shape index (κ1) is 19.4. The maximum atomic E-state index is 13.3. The SMILES string of the molecule is C=C1CN(F)CCN1Cc1cccc(-c2ccc(CCC(F)(F)F)cc2)c1. The molecule has 1 aliphatic rings. The van der Waals surface area contributed by atoms with Crippen molar-refractivity contribution in [3.63, 3.8) is 0 Å². The highest BCUT2D eigenvalue weighted by Crippen LogP contribution is 2.25. The van der Waals surface area contributed by atoms with Gasteiger partial charge in [-0.05, 0) is 34.7 Å². The summed E-state index contributed by atoms with van der Waals surface area (Å²) in [6.45, 7) is 5.76. The molecule has 1 aliphatic heterocycles. The Kier molecular flexibility index (Phi) is 5.85. The largest absolute Gasteiger partial charge is 0.389 e. The normalized spacial score (nSPS) is 16.0. The van der Waals surface area contributed by atoms with Crippen LogP contribution in [0.25, 0.3) is 11.1 Å². The van der Waals surface area contributed by atoms with Crippen molar-refractivity contribution in [1.29, 1.82) is 0 Å². The van der Waals surface area contributed by atoms with Gasteiger partial charge in [-0.1, -0.05) is 49.0 Å². The first-order chi connectivity index (χ1) is 12.8. The second kappa shape index (κ2) is 8.13. The van der Waals surface area contributed by atoms with Crippen molar-refractivity contribution in [2.75, 3.05) is 19.6 Å². The third-order valence-electron chi connectivity index (χ3n) is 4.70. The second-order valence-electron chi connectivity index (χ2n) is 6.84. The summed E-state index contributed by atoms with van der Waals surface area (Å²) in [6, 6.07) is 15.2. The fourth-order valence-electron chi connectivity index (χ4n) is 3.17. The van der Waals surface area contributed by atoms with Gasteiger partial charge in [-0.15, -0.1) is 9.60 Å². The van der Waals surface area contributed by atoms with Crippen LogP contribution in [-0.4, -0.2) is 35.8 Å². The Morgan fingerprint density at radius 2 is 1.67 bits per heavy atom. The molecule has 2 aromatic carbocycles. The van der Waals surface area contributed by atoms with Gasteiger partial charge in [0.25, 0.3) is 0 Å². The third-order valence-corrected chi connectivity index (χ3v) is 4.70. The number of piperazine rings is 1. The number of alkyl halides is 3. The predicted molar refractivity (Wildman–Crippen MR) is 98.5 cm³/mol. The lowest BCUT2D eigenvalue weighted by Gasteiger charge is -2.33. The molecule has 6 heteroatoms. The van der Waals surface area contributed by atoms with E-state index in [9.17, 15) is 17.7 Å². The summed E-state index contributed by atoms with van der Waals surface area (Å²) < 4.78 is 50.3. The zero-order chi connectivity index (χ0) is 19.4. The molecule has 27 heavy (non-hydrogen) atoms. The first-order valence-electron chi connectivity index (χ1n) is 8.88. The Morgan fingerprint density at radius 3 is 2.33 bits per heavy atom. The van der Waals surface area contributed by atoms with E-state index in [2.05, 4.69) is 17.5 Å². The van der Waals surface area contributed by atoms with Gasteiger partial charge in [-0.2, -0.15) is 13.2 Å². The highest BCUT2D eigenvalue weighted by Gasteiger charge is 2.26. The van der Waals surface area contributed by atoms with Gasteiger partial charge in [0, 0.05) is 31.8 Å². The number of rotatable bonds is 5. The first-order valence-corrected chi connectivity index (χ1v) is 8.88. The molecule has 0 aliphatic carbocycles. The second-order valence-corrected chi connectivity index (χ2v) is 6.84. The quantitative estimate of drug-likeness (QED) is 0.510. The molecule has 0 bridgehead atoms. The van der Waals surface area contributed by atoms with Gasteiger partial charge in [0.05, 0.1) is 6.54 Å². The molecule has 0 spiro atoms. The Morgan fingerprint density at radius 1 is 0.926 bits per heavy atom. The molecule has 1 fully saturated rings. The summed E-state index contributed by atoms with van der Waals surface area (Å²) in [5, 5.41) is 0.760. The molecular weight excluding hydrogens is 356 g/mol. The maximum Gasteiger partial charge on any atom is 0.389 e. The Hall–Kier alpha value is -2.34. The van der Waals surface area contributed by atoms with E-state index in [1.807, 2.05) is 30.3 Å². The fraction of sp³-hybridized carbons (Fsp3) is 0.333. The number of halogens is 4. The van der Waals surface area contributed by atoms with Crippen LogP contribution in [0.15, 0.2) is 60.8 Å². The van der Waals surface area contributed by atoms with Crippen LogP contribution in [0.1, 0.15) is 17.5 Å². The monoisotopic (exact) mass is 378 g/mol. The van der Waals surface area contributed by atoms with Crippen molar-refractivity contribution < 1.29 is 17.7 Å². The van der Waals surface area contributed by atoms with Crippen molar-refractivity contribution in [1.82, 2.24) is 10.0 Å². The van der Waals surface area contributed by atoms with E-state index in [0.717, 1.165) is 27.5 Å². The van der Waals surface area contributed by atoms with Crippen molar-refractivity contribution in [3.8, 4) is 11.1 Å². The molecule has 0 N–H and O–H groups in total. The number of nitrogens with zero attached hydrogens (tertiary/aromatic N) is 2. The molecule has 1 heterocycles. The molecule has 0 radical (unpaired) electrons. The zero-order valence-corrected chi connectivity index (χ0v) is 15.0. The minimum absolute atomic E-state index is 0.00746. The molecular formula is C21H22F4N2. The lowest BCUT2D eigenvalue weighted by Crippen LogP contribution is -2.40. The van der Waals surface area contributed by atoms with Crippen molar-refractivity contribution in [2.24, 2.45) is 0 Å². The minimum Gasteiger partial charge on any atom is -0.368 e. The van der Waals surface area contributed by atoms with E-state index in [-0.39, 0.29) is 13.0 Å². The molecule has 0 amide bonds. The van der Waals surface area contributed by atoms with Crippen LogP contribution in [0.3, 0.4) is 0 Å². The minimum atomic E-state index is -4.13. The number of benzene rings is 2. The molecule has 0 saturated carbocycles. The fourth-order valence-corrected chi connectivity index (χ4v) is 3.17. The van der Waals surface area contributed by atoms with E-state index in [1.54, 1.807) is 12.1 Å². The van der Waals surface area contributed by atoms with Crippen molar-refractivity contribution in [2.45, 2.75) is 25.6 Å². The number of hydrogen-bond donors (Lipinski definition) is 0. The number of aryl methyl sites for hydroxylation is 1. The van der Waals surface area contributed by atoms with Crippen LogP contribution in [0, 0.1) is 0 Å². The average Bonchev–Trinajstić information content (AvgIpc) is 2.62. The van der Waals surface area contributed by atoms with E-state index >= 15 is 0 Å². The Labute approximate surface area is 156 Å². The summed E-state index contributed by atoms with van der Waals surface area (Å²) in [4.78, 5) is 2.06. The highest BCUT2D eigenvalue weighted by atomic mass is 19.4. The molecule has 0 atom stereocenters. The summed E-state index contributed by atoms with van der Waals surface area (Å²) in [5.74, 6) is 0. The smallest absolute Gasteiger partial charge is 0.368 e. The van der Waals surface area contributed by atoms with E-state index in [1.165, 1.54) is 0 Å². The lowest BCUT2D eigenvalue weighted by molar-refractivity contribution is -0.133. The topological polar surface area (TPSA) is 6.48 Å². The average molecular weight is 378 g/mol. The van der Waals surface area contributed by atoms with Crippen LogP contribution in [0.4, 0.5) is 17.7 Å². The van der Waals surface area contributed by atoms with Crippen molar-refractivity contribution in [3.05, 3.63) is 71.9 Å². The molecule has 0 aromatic heterocycles. The summed E-state index contributed by atoms with van der Waals surface area (Å²) in [5.41, 5.74) is 4.47. The lowest BCUT2D eigenvalue weighted by atomic mass is 10.00. The van der Waals surface area contributed by atoms with Gasteiger partial charge < -0.3 is 4.90 Å². The van der Waals surface area contributed by atoms with Gasteiger partial charge in [-0.3, -0.25) is 0 Å². The standard InChI is InChI=1S/C21H22F4N2/c1-16-14-27(25)12-11-26(16)15-18-3-2-4-20(13-18)19-7-5-17(6-8-19)9-10-21(22,23)24/h2-8,13H,1,9-12,14-15H2. The Bertz CT molecular complexity index is 784. The molecule has 2 nitrogen and oxygen atoms in total. The summed E-state index contributed by atoms with van der Waals surface area (Å²) >= 11 is 0. The Balaban J connectivity index is 1.67. The van der Waals surface area contributed by atoms with E-state index in [4.69, 9.17) is 0 Å². The highest BCUT2D eigenvalue weighted by molar-refractivity contribution is 5.64. The van der Waals surface area contributed by atoms with Gasteiger partial charge in [0.15, 0.2) is 0 Å². The number of hydrogen-bond acceptors (Lipinski definition) is 2. The van der Waals surface area contributed by atoms with Crippen LogP contribution >= 0.6 is 0 Å². The predicted octanol–water partition coefficient (Wildman–Crippen LogP) is 5.36. The molecule has 144 valence electrons. The van der Waals surface area contributed by atoms with Crippen LogP contribution < -0.4 is 0 Å². The van der Waals surface area contributed by atoms with Gasteiger partial charge in [0.2, 0.25) is 0 Å². The van der Waals surface area contributed by atoms with E-state index < -0.39 is 12.6 Å². The zero-order valence-electron chi connectivity index (χ0n) is 15.0. The summed E-state index contributed by atoms with van der Waals surface area (Å²) in [6.07, 6.45) is -4.95. The van der Waals surface area contributed by atoms with Gasteiger partial charge in [-0.25, -0.2) is 0 Å².